The predicted molar refractivity (Wildman–Crippen MR) is 87.3 cm³/mol. The van der Waals surface area contributed by atoms with Gasteiger partial charge in [-0.05, 0) is 49.5 Å². The first kappa shape index (κ1) is 16.2. The number of anilines is 1. The van der Waals surface area contributed by atoms with E-state index < -0.39 is 0 Å². The van der Waals surface area contributed by atoms with Crippen molar-refractivity contribution in [3.63, 3.8) is 0 Å². The standard InChI is InChI=1S/C17H28FN3/c1-14(2)6-8-20-13-15-4-5-16(18)17(12-15)21-10-3-7-19-9-11-21/h4-5,12,14,19-20H,3,6-11,13H2,1-2H3. The highest BCUT2D eigenvalue weighted by Crippen LogP contribution is 2.21. The normalized spacial score (nSPS) is 16.3. The first-order valence-corrected chi connectivity index (χ1v) is 8.11. The average Bonchev–Trinajstić information content (AvgIpc) is 2.74. The molecule has 1 heterocycles. The molecule has 1 aromatic rings. The Morgan fingerprint density at radius 2 is 2.14 bits per heavy atom. The fraction of sp³-hybridized carbons (Fsp3) is 0.647. The van der Waals surface area contributed by atoms with E-state index in [4.69, 9.17) is 0 Å². The van der Waals surface area contributed by atoms with Crippen LogP contribution < -0.4 is 15.5 Å². The lowest BCUT2D eigenvalue weighted by Gasteiger charge is -2.23. The third kappa shape index (κ3) is 5.29. The largest absolute Gasteiger partial charge is 0.368 e. The summed E-state index contributed by atoms with van der Waals surface area (Å²) in [6.07, 6.45) is 2.24. The van der Waals surface area contributed by atoms with Crippen molar-refractivity contribution in [1.82, 2.24) is 10.6 Å². The Hall–Kier alpha value is -1.13. The molecule has 2 rings (SSSR count). The van der Waals surface area contributed by atoms with Gasteiger partial charge in [-0.1, -0.05) is 19.9 Å². The summed E-state index contributed by atoms with van der Waals surface area (Å²) in [6.45, 7) is 10.0. The van der Waals surface area contributed by atoms with Gasteiger partial charge in [-0.25, -0.2) is 4.39 Å². The maximum absolute atomic E-state index is 14.1. The monoisotopic (exact) mass is 293 g/mol. The minimum absolute atomic E-state index is 0.108. The van der Waals surface area contributed by atoms with Crippen molar-refractivity contribution in [2.45, 2.75) is 33.2 Å². The number of hydrogen-bond donors (Lipinski definition) is 2. The van der Waals surface area contributed by atoms with E-state index in [0.717, 1.165) is 56.9 Å². The van der Waals surface area contributed by atoms with E-state index in [0.29, 0.717) is 5.92 Å². The molecule has 1 aliphatic rings. The smallest absolute Gasteiger partial charge is 0.146 e. The Morgan fingerprint density at radius 3 is 2.95 bits per heavy atom. The SMILES string of the molecule is CC(C)CCNCc1ccc(F)c(N2CCCNCC2)c1. The number of halogens is 1. The summed E-state index contributed by atoms with van der Waals surface area (Å²) in [6, 6.07) is 5.49. The lowest BCUT2D eigenvalue weighted by atomic mass is 10.1. The number of benzene rings is 1. The zero-order valence-electron chi connectivity index (χ0n) is 13.3. The molecule has 4 heteroatoms. The van der Waals surface area contributed by atoms with Gasteiger partial charge in [-0.3, -0.25) is 0 Å². The van der Waals surface area contributed by atoms with Crippen LogP contribution in [0.3, 0.4) is 0 Å². The quantitative estimate of drug-likeness (QED) is 0.790. The molecule has 0 unspecified atom stereocenters. The maximum atomic E-state index is 14.1. The van der Waals surface area contributed by atoms with E-state index in [1.165, 1.54) is 6.42 Å². The van der Waals surface area contributed by atoms with Crippen molar-refractivity contribution in [2.75, 3.05) is 37.6 Å². The Balaban J connectivity index is 1.95. The van der Waals surface area contributed by atoms with Crippen LogP contribution in [0.1, 0.15) is 32.3 Å². The van der Waals surface area contributed by atoms with Gasteiger partial charge >= 0.3 is 0 Å². The first-order chi connectivity index (χ1) is 10.2. The van der Waals surface area contributed by atoms with Crippen LogP contribution in [-0.2, 0) is 6.54 Å². The van der Waals surface area contributed by atoms with Crippen LogP contribution in [0.15, 0.2) is 18.2 Å². The molecule has 0 aromatic heterocycles. The van der Waals surface area contributed by atoms with Gasteiger partial charge in [0.15, 0.2) is 0 Å². The minimum Gasteiger partial charge on any atom is -0.368 e. The first-order valence-electron chi connectivity index (χ1n) is 8.11. The molecule has 0 bridgehead atoms. The van der Waals surface area contributed by atoms with Crippen molar-refractivity contribution in [1.29, 1.82) is 0 Å². The summed E-state index contributed by atoms with van der Waals surface area (Å²) < 4.78 is 14.1. The predicted octanol–water partition coefficient (Wildman–Crippen LogP) is 2.76. The van der Waals surface area contributed by atoms with Crippen LogP contribution in [0.5, 0.6) is 0 Å². The highest BCUT2D eigenvalue weighted by atomic mass is 19.1. The Morgan fingerprint density at radius 1 is 1.29 bits per heavy atom. The Bertz CT molecular complexity index is 426. The van der Waals surface area contributed by atoms with Crippen LogP contribution in [0.2, 0.25) is 0 Å². The van der Waals surface area contributed by atoms with E-state index in [9.17, 15) is 4.39 Å². The molecule has 0 atom stereocenters. The highest BCUT2D eigenvalue weighted by Gasteiger charge is 2.14. The third-order valence-corrected chi connectivity index (χ3v) is 3.92. The van der Waals surface area contributed by atoms with Crippen LogP contribution in [0.25, 0.3) is 0 Å². The molecule has 118 valence electrons. The van der Waals surface area contributed by atoms with Crippen molar-refractivity contribution < 1.29 is 4.39 Å². The Kier molecular flexibility index (Phi) is 6.46. The fourth-order valence-corrected chi connectivity index (χ4v) is 2.62. The number of rotatable bonds is 6. The van der Waals surface area contributed by atoms with Gasteiger partial charge in [0.2, 0.25) is 0 Å². The second-order valence-electron chi connectivity index (χ2n) is 6.24. The molecular formula is C17H28FN3. The summed E-state index contributed by atoms with van der Waals surface area (Å²) in [5.74, 6) is 0.605. The summed E-state index contributed by atoms with van der Waals surface area (Å²) in [5, 5.41) is 6.80. The zero-order chi connectivity index (χ0) is 15.1. The molecule has 1 aliphatic heterocycles. The Labute approximate surface area is 127 Å². The molecule has 1 fully saturated rings. The number of nitrogens with zero attached hydrogens (tertiary/aromatic N) is 1. The van der Waals surface area contributed by atoms with Crippen molar-refractivity contribution in [2.24, 2.45) is 5.92 Å². The van der Waals surface area contributed by atoms with E-state index >= 15 is 0 Å². The van der Waals surface area contributed by atoms with E-state index in [1.807, 2.05) is 12.1 Å². The molecule has 21 heavy (non-hydrogen) atoms. The molecule has 0 spiro atoms. The summed E-state index contributed by atoms with van der Waals surface area (Å²) in [7, 11) is 0. The molecule has 2 N–H and O–H groups in total. The fourth-order valence-electron chi connectivity index (χ4n) is 2.62. The minimum atomic E-state index is -0.108. The molecule has 3 nitrogen and oxygen atoms in total. The summed E-state index contributed by atoms with van der Waals surface area (Å²) in [4.78, 5) is 2.16. The molecule has 0 saturated carbocycles. The van der Waals surface area contributed by atoms with Crippen LogP contribution in [0, 0.1) is 11.7 Å². The summed E-state index contributed by atoms with van der Waals surface area (Å²) >= 11 is 0. The van der Waals surface area contributed by atoms with Crippen molar-refractivity contribution >= 4 is 5.69 Å². The van der Waals surface area contributed by atoms with Gasteiger partial charge in [-0.15, -0.1) is 0 Å². The van der Waals surface area contributed by atoms with Crippen LogP contribution >= 0.6 is 0 Å². The molecule has 1 saturated heterocycles. The number of nitrogens with one attached hydrogen (secondary N) is 2. The topological polar surface area (TPSA) is 27.3 Å². The number of hydrogen-bond acceptors (Lipinski definition) is 3. The average molecular weight is 293 g/mol. The molecule has 0 amide bonds. The lowest BCUT2D eigenvalue weighted by molar-refractivity contribution is 0.537. The van der Waals surface area contributed by atoms with Gasteiger partial charge in [0.05, 0.1) is 5.69 Å². The van der Waals surface area contributed by atoms with Gasteiger partial charge in [0, 0.05) is 26.2 Å². The van der Waals surface area contributed by atoms with Crippen molar-refractivity contribution in [3.05, 3.63) is 29.6 Å². The zero-order valence-corrected chi connectivity index (χ0v) is 13.3. The molecule has 0 radical (unpaired) electrons. The van der Waals surface area contributed by atoms with E-state index in [1.54, 1.807) is 6.07 Å². The second kappa shape index (κ2) is 8.35. The van der Waals surface area contributed by atoms with Gasteiger partial charge < -0.3 is 15.5 Å². The van der Waals surface area contributed by atoms with E-state index in [2.05, 4.69) is 29.4 Å². The van der Waals surface area contributed by atoms with Crippen LogP contribution in [-0.4, -0.2) is 32.7 Å². The highest BCUT2D eigenvalue weighted by molar-refractivity contribution is 5.50. The third-order valence-electron chi connectivity index (χ3n) is 3.92. The van der Waals surface area contributed by atoms with Gasteiger partial charge in [0.1, 0.15) is 5.82 Å². The molecule has 0 aliphatic carbocycles. The molecule has 1 aromatic carbocycles. The molecular weight excluding hydrogens is 265 g/mol. The van der Waals surface area contributed by atoms with Gasteiger partial charge in [-0.2, -0.15) is 0 Å². The second-order valence-corrected chi connectivity index (χ2v) is 6.24. The van der Waals surface area contributed by atoms with Crippen molar-refractivity contribution in [3.8, 4) is 0 Å². The van der Waals surface area contributed by atoms with E-state index in [-0.39, 0.29) is 5.82 Å². The maximum Gasteiger partial charge on any atom is 0.146 e. The van der Waals surface area contributed by atoms with Gasteiger partial charge in [0.25, 0.3) is 0 Å². The summed E-state index contributed by atoms with van der Waals surface area (Å²) in [5.41, 5.74) is 1.91. The van der Waals surface area contributed by atoms with Crippen LogP contribution in [0.4, 0.5) is 10.1 Å². The lowest BCUT2D eigenvalue weighted by Crippen LogP contribution is -2.28.